The van der Waals surface area contributed by atoms with Gasteiger partial charge in [-0.25, -0.2) is 8.42 Å². The van der Waals surface area contributed by atoms with E-state index in [1.807, 2.05) is 24.3 Å². The van der Waals surface area contributed by atoms with Crippen LogP contribution in [0, 0.1) is 5.92 Å². The van der Waals surface area contributed by atoms with E-state index in [-0.39, 0.29) is 28.8 Å². The molecule has 0 aromatic heterocycles. The van der Waals surface area contributed by atoms with Crippen molar-refractivity contribution >= 4 is 27.3 Å². The lowest BCUT2D eigenvalue weighted by Crippen LogP contribution is -2.36. The highest BCUT2D eigenvalue weighted by Gasteiger charge is 2.37. The third-order valence-electron chi connectivity index (χ3n) is 4.07. The molecular weight excluding hydrogens is 298 g/mol. The molecule has 6 heteroatoms. The minimum atomic E-state index is -3.04. The lowest BCUT2D eigenvalue weighted by molar-refractivity contribution is -0.125. The van der Waals surface area contributed by atoms with E-state index in [2.05, 4.69) is 5.32 Å². The van der Waals surface area contributed by atoms with Crippen molar-refractivity contribution in [2.24, 2.45) is 5.92 Å². The van der Waals surface area contributed by atoms with E-state index in [9.17, 15) is 13.2 Å². The maximum atomic E-state index is 12.2. The second kappa shape index (κ2) is 5.04. The summed E-state index contributed by atoms with van der Waals surface area (Å²) in [5.74, 6) is -0.563. The van der Waals surface area contributed by atoms with Gasteiger partial charge >= 0.3 is 0 Å². The van der Waals surface area contributed by atoms with Crippen LogP contribution in [0.4, 0.5) is 0 Å². The van der Waals surface area contributed by atoms with E-state index in [1.165, 1.54) is 0 Å². The minimum Gasteiger partial charge on any atom is -0.348 e. The normalized spacial score (nSPS) is 30.9. The number of alkyl halides is 1. The summed E-state index contributed by atoms with van der Waals surface area (Å²) in [5, 5.41) is 2.76. The van der Waals surface area contributed by atoms with Gasteiger partial charge in [0.05, 0.1) is 28.8 Å². The molecule has 0 saturated carbocycles. The number of sulfone groups is 1. The van der Waals surface area contributed by atoms with E-state index in [0.717, 1.165) is 17.5 Å². The summed E-state index contributed by atoms with van der Waals surface area (Å²) in [4.78, 5) is 12.2. The van der Waals surface area contributed by atoms with Crippen LogP contribution >= 0.6 is 11.6 Å². The van der Waals surface area contributed by atoms with Crippen molar-refractivity contribution in [3.05, 3.63) is 35.4 Å². The molecule has 3 rings (SSSR count). The molecule has 3 unspecified atom stereocenters. The molecular formula is C14H16ClNO3S. The Kier molecular flexibility index (Phi) is 3.50. The first kappa shape index (κ1) is 13.9. The lowest BCUT2D eigenvalue weighted by atomic mass is 10.1. The van der Waals surface area contributed by atoms with E-state index in [4.69, 9.17) is 11.6 Å². The Hall–Kier alpha value is -1.07. The first-order chi connectivity index (χ1) is 9.46. The second-order valence-electron chi connectivity index (χ2n) is 5.51. The van der Waals surface area contributed by atoms with Crippen molar-refractivity contribution < 1.29 is 13.2 Å². The second-order valence-corrected chi connectivity index (χ2v) is 8.29. The summed E-state index contributed by atoms with van der Waals surface area (Å²) in [6.07, 6.45) is 1.14. The monoisotopic (exact) mass is 313 g/mol. The molecule has 108 valence electrons. The molecule has 0 spiro atoms. The van der Waals surface area contributed by atoms with Gasteiger partial charge in [0, 0.05) is 0 Å². The summed E-state index contributed by atoms with van der Waals surface area (Å²) in [6, 6.07) is 7.64. The number of halogens is 1. The standard InChI is InChI=1S/C14H16ClNO3S/c15-12-7-9-3-1-2-4-11(9)13(12)16-14(17)10-5-6-20(18,19)8-10/h1-4,10,12-13H,5-8H2,(H,16,17). The van der Waals surface area contributed by atoms with Crippen molar-refractivity contribution in [1.29, 1.82) is 0 Å². The summed E-state index contributed by atoms with van der Waals surface area (Å²) >= 11 is 6.32. The van der Waals surface area contributed by atoms with E-state index in [1.54, 1.807) is 0 Å². The first-order valence-corrected chi connectivity index (χ1v) is 8.95. The number of benzene rings is 1. The molecule has 1 aromatic carbocycles. The quantitative estimate of drug-likeness (QED) is 0.840. The van der Waals surface area contributed by atoms with Crippen molar-refractivity contribution in [3.8, 4) is 0 Å². The maximum Gasteiger partial charge on any atom is 0.224 e. The largest absolute Gasteiger partial charge is 0.348 e. The highest BCUT2D eigenvalue weighted by molar-refractivity contribution is 7.91. The minimum absolute atomic E-state index is 0.0415. The van der Waals surface area contributed by atoms with Crippen LogP contribution in [-0.2, 0) is 21.1 Å². The van der Waals surface area contributed by atoms with Crippen LogP contribution < -0.4 is 5.32 Å². The van der Waals surface area contributed by atoms with Gasteiger partial charge in [0.15, 0.2) is 9.84 Å². The number of rotatable bonds is 2. The Balaban J connectivity index is 1.74. The van der Waals surface area contributed by atoms with Gasteiger partial charge < -0.3 is 5.32 Å². The average Bonchev–Trinajstić information content (AvgIpc) is 2.91. The fourth-order valence-corrected chi connectivity index (χ4v) is 5.09. The van der Waals surface area contributed by atoms with Crippen LogP contribution in [0.15, 0.2) is 24.3 Å². The molecule has 2 aliphatic rings. The summed E-state index contributed by atoms with van der Waals surface area (Å²) < 4.78 is 22.9. The molecule has 3 atom stereocenters. The molecule has 0 bridgehead atoms. The fourth-order valence-electron chi connectivity index (χ4n) is 2.99. The van der Waals surface area contributed by atoms with E-state index < -0.39 is 15.8 Å². The van der Waals surface area contributed by atoms with Gasteiger partial charge in [0.2, 0.25) is 5.91 Å². The Morgan fingerprint density at radius 2 is 2.05 bits per heavy atom. The van der Waals surface area contributed by atoms with Gasteiger partial charge in [-0.2, -0.15) is 0 Å². The van der Waals surface area contributed by atoms with Crippen molar-refractivity contribution in [1.82, 2.24) is 5.32 Å². The molecule has 1 heterocycles. The molecule has 20 heavy (non-hydrogen) atoms. The van der Waals surface area contributed by atoms with Crippen LogP contribution in [0.2, 0.25) is 0 Å². The zero-order chi connectivity index (χ0) is 14.3. The summed E-state index contributed by atoms with van der Waals surface area (Å²) in [5.41, 5.74) is 2.19. The van der Waals surface area contributed by atoms with Gasteiger partial charge in [-0.1, -0.05) is 24.3 Å². The van der Waals surface area contributed by atoms with Gasteiger partial charge in [0.1, 0.15) is 0 Å². The van der Waals surface area contributed by atoms with Crippen molar-refractivity contribution in [2.75, 3.05) is 11.5 Å². The molecule has 1 aromatic rings. The fraction of sp³-hybridized carbons (Fsp3) is 0.500. The molecule has 1 fully saturated rings. The van der Waals surface area contributed by atoms with Gasteiger partial charge in [-0.3, -0.25) is 4.79 Å². The Morgan fingerprint density at radius 1 is 1.30 bits per heavy atom. The van der Waals surface area contributed by atoms with Gasteiger partial charge in [0.25, 0.3) is 0 Å². The summed E-state index contributed by atoms with van der Waals surface area (Å²) in [7, 11) is -3.04. The van der Waals surface area contributed by atoms with Crippen LogP contribution in [0.3, 0.4) is 0 Å². The zero-order valence-electron chi connectivity index (χ0n) is 10.9. The molecule has 0 radical (unpaired) electrons. The zero-order valence-corrected chi connectivity index (χ0v) is 12.5. The average molecular weight is 314 g/mol. The highest BCUT2D eigenvalue weighted by atomic mass is 35.5. The molecule has 4 nitrogen and oxygen atoms in total. The number of hydrogen-bond acceptors (Lipinski definition) is 3. The molecule has 1 aliphatic heterocycles. The van der Waals surface area contributed by atoms with Gasteiger partial charge in [-0.15, -0.1) is 11.6 Å². The Labute approximate surface area is 123 Å². The predicted molar refractivity (Wildman–Crippen MR) is 77.4 cm³/mol. The van der Waals surface area contributed by atoms with E-state index >= 15 is 0 Å². The molecule has 1 saturated heterocycles. The number of fused-ring (bicyclic) bond motifs is 1. The van der Waals surface area contributed by atoms with Gasteiger partial charge in [-0.05, 0) is 24.0 Å². The number of amides is 1. The predicted octanol–water partition coefficient (Wildman–Crippen LogP) is 1.44. The first-order valence-electron chi connectivity index (χ1n) is 6.69. The maximum absolute atomic E-state index is 12.2. The number of carbonyl (C=O) groups is 1. The topological polar surface area (TPSA) is 63.2 Å². The third-order valence-corrected chi connectivity index (χ3v) is 6.24. The van der Waals surface area contributed by atoms with E-state index in [0.29, 0.717) is 6.42 Å². The van der Waals surface area contributed by atoms with Crippen LogP contribution in [0.25, 0.3) is 0 Å². The number of carbonyl (C=O) groups excluding carboxylic acids is 1. The molecule has 1 N–H and O–H groups in total. The van der Waals surface area contributed by atoms with Crippen LogP contribution in [0.1, 0.15) is 23.6 Å². The molecule has 1 aliphatic carbocycles. The Bertz CT molecular complexity index is 644. The van der Waals surface area contributed by atoms with Crippen LogP contribution in [-0.4, -0.2) is 31.2 Å². The molecule has 1 amide bonds. The summed E-state index contributed by atoms with van der Waals surface area (Å²) in [6.45, 7) is 0. The van der Waals surface area contributed by atoms with Crippen molar-refractivity contribution in [2.45, 2.75) is 24.3 Å². The smallest absolute Gasteiger partial charge is 0.224 e. The van der Waals surface area contributed by atoms with Crippen molar-refractivity contribution in [3.63, 3.8) is 0 Å². The Morgan fingerprint density at radius 3 is 2.75 bits per heavy atom. The SMILES string of the molecule is O=C(NC1c2ccccc2CC1Cl)C1CCS(=O)(=O)C1. The lowest BCUT2D eigenvalue weighted by Gasteiger charge is -2.19. The highest BCUT2D eigenvalue weighted by Crippen LogP contribution is 2.35. The van der Waals surface area contributed by atoms with Crippen LogP contribution in [0.5, 0.6) is 0 Å². The number of hydrogen-bond donors (Lipinski definition) is 1. The third kappa shape index (κ3) is 2.56. The number of nitrogens with one attached hydrogen (secondary N) is 1.